The fourth-order valence-electron chi connectivity index (χ4n) is 0.979. The highest BCUT2D eigenvalue weighted by atomic mass is 16.3. The molecule has 1 unspecified atom stereocenters. The summed E-state index contributed by atoms with van der Waals surface area (Å²) in [6.45, 7) is 5.51. The Labute approximate surface area is 78.2 Å². The normalized spacial score (nSPS) is 12.5. The predicted octanol–water partition coefficient (Wildman–Crippen LogP) is 1.78. The number of aromatic nitrogens is 2. The number of rotatable bonds is 4. The van der Waals surface area contributed by atoms with Crippen molar-refractivity contribution in [2.45, 2.75) is 25.9 Å². The van der Waals surface area contributed by atoms with Gasteiger partial charge in [-0.05, 0) is 25.3 Å². The largest absolute Gasteiger partial charge is 0.385 e. The molecule has 0 radical (unpaired) electrons. The van der Waals surface area contributed by atoms with Crippen LogP contribution in [0.15, 0.2) is 25.0 Å². The summed E-state index contributed by atoms with van der Waals surface area (Å²) >= 11 is 0. The van der Waals surface area contributed by atoms with E-state index in [1.165, 1.54) is 0 Å². The van der Waals surface area contributed by atoms with E-state index in [-0.39, 0.29) is 0 Å². The number of hydrogen-bond donors (Lipinski definition) is 1. The molecule has 0 aromatic carbocycles. The minimum Gasteiger partial charge on any atom is -0.385 e. The minimum atomic E-state index is -0.571. The number of aryl methyl sites for hydroxylation is 1. The molecule has 0 fully saturated rings. The number of aliphatic hydroxyl groups excluding tert-OH is 1. The van der Waals surface area contributed by atoms with Gasteiger partial charge in [0.2, 0.25) is 0 Å². The third-order valence-corrected chi connectivity index (χ3v) is 1.74. The summed E-state index contributed by atoms with van der Waals surface area (Å²) in [6.07, 6.45) is 6.03. The van der Waals surface area contributed by atoms with Crippen molar-refractivity contribution in [1.82, 2.24) is 9.97 Å². The van der Waals surface area contributed by atoms with Crippen LogP contribution in [0.2, 0.25) is 0 Å². The standard InChI is InChI=1S/C10H14N2O/c1-3-4-5-9(13)10-11-6-8(2)7-12-10/h3,6-7,9,13H,1,4-5H2,2H3. The topological polar surface area (TPSA) is 46.0 Å². The summed E-state index contributed by atoms with van der Waals surface area (Å²) in [5.41, 5.74) is 1.000. The SMILES string of the molecule is C=CCCC(O)c1ncc(C)cn1. The van der Waals surface area contributed by atoms with Gasteiger partial charge in [-0.2, -0.15) is 0 Å². The lowest BCUT2D eigenvalue weighted by molar-refractivity contribution is 0.158. The second kappa shape index (κ2) is 4.72. The highest BCUT2D eigenvalue weighted by molar-refractivity contribution is 5.03. The average Bonchev–Trinajstić information content (AvgIpc) is 2.15. The van der Waals surface area contributed by atoms with Crippen molar-refractivity contribution in [3.05, 3.63) is 36.4 Å². The first-order valence-corrected chi connectivity index (χ1v) is 4.31. The third-order valence-electron chi connectivity index (χ3n) is 1.74. The van der Waals surface area contributed by atoms with E-state index in [2.05, 4.69) is 16.5 Å². The molecule has 0 saturated carbocycles. The van der Waals surface area contributed by atoms with Crippen molar-refractivity contribution in [2.24, 2.45) is 0 Å². The van der Waals surface area contributed by atoms with Gasteiger partial charge in [-0.1, -0.05) is 6.08 Å². The first kappa shape index (κ1) is 9.86. The molecule has 1 aromatic heterocycles. The van der Waals surface area contributed by atoms with Crippen LogP contribution in [0.25, 0.3) is 0 Å². The maximum absolute atomic E-state index is 9.57. The Morgan fingerprint density at radius 3 is 2.69 bits per heavy atom. The first-order valence-electron chi connectivity index (χ1n) is 4.31. The van der Waals surface area contributed by atoms with Crippen LogP contribution in [0.1, 0.15) is 30.3 Å². The van der Waals surface area contributed by atoms with Gasteiger partial charge in [0.05, 0.1) is 0 Å². The molecule has 70 valence electrons. The maximum Gasteiger partial charge on any atom is 0.156 e. The highest BCUT2D eigenvalue weighted by Crippen LogP contribution is 2.13. The molecule has 3 heteroatoms. The second-order valence-corrected chi connectivity index (χ2v) is 3.00. The van der Waals surface area contributed by atoms with E-state index >= 15 is 0 Å². The Morgan fingerprint density at radius 1 is 1.54 bits per heavy atom. The molecule has 1 heterocycles. The van der Waals surface area contributed by atoms with Crippen molar-refractivity contribution < 1.29 is 5.11 Å². The molecule has 1 aromatic rings. The minimum absolute atomic E-state index is 0.493. The second-order valence-electron chi connectivity index (χ2n) is 3.00. The fourth-order valence-corrected chi connectivity index (χ4v) is 0.979. The molecular formula is C10H14N2O. The molecular weight excluding hydrogens is 164 g/mol. The Balaban J connectivity index is 2.60. The van der Waals surface area contributed by atoms with Gasteiger partial charge >= 0.3 is 0 Å². The third kappa shape index (κ3) is 2.95. The zero-order valence-corrected chi connectivity index (χ0v) is 7.77. The van der Waals surface area contributed by atoms with Crippen LogP contribution in [0, 0.1) is 6.92 Å². The van der Waals surface area contributed by atoms with Crippen molar-refractivity contribution in [2.75, 3.05) is 0 Å². The molecule has 0 bridgehead atoms. The molecule has 3 nitrogen and oxygen atoms in total. The van der Waals surface area contributed by atoms with Gasteiger partial charge in [0.15, 0.2) is 5.82 Å². The molecule has 0 aliphatic heterocycles. The van der Waals surface area contributed by atoms with E-state index in [0.29, 0.717) is 12.2 Å². The number of allylic oxidation sites excluding steroid dienone is 1. The number of hydrogen-bond acceptors (Lipinski definition) is 3. The lowest BCUT2D eigenvalue weighted by Crippen LogP contribution is -2.03. The van der Waals surface area contributed by atoms with Gasteiger partial charge in [-0.25, -0.2) is 9.97 Å². The molecule has 0 amide bonds. The highest BCUT2D eigenvalue weighted by Gasteiger charge is 2.08. The van der Waals surface area contributed by atoms with Crippen LogP contribution in [-0.4, -0.2) is 15.1 Å². The molecule has 0 spiro atoms. The zero-order chi connectivity index (χ0) is 9.68. The maximum atomic E-state index is 9.57. The van der Waals surface area contributed by atoms with Crippen LogP contribution in [-0.2, 0) is 0 Å². The molecule has 1 N–H and O–H groups in total. The smallest absolute Gasteiger partial charge is 0.156 e. The Hall–Kier alpha value is -1.22. The van der Waals surface area contributed by atoms with E-state index < -0.39 is 6.10 Å². The van der Waals surface area contributed by atoms with Gasteiger partial charge in [0, 0.05) is 12.4 Å². The molecule has 0 aliphatic carbocycles. The molecule has 0 saturated heterocycles. The van der Waals surface area contributed by atoms with Crippen molar-refractivity contribution in [3.8, 4) is 0 Å². The van der Waals surface area contributed by atoms with E-state index in [0.717, 1.165) is 12.0 Å². The molecule has 1 rings (SSSR count). The van der Waals surface area contributed by atoms with Crippen LogP contribution >= 0.6 is 0 Å². The summed E-state index contributed by atoms with van der Waals surface area (Å²) < 4.78 is 0. The van der Waals surface area contributed by atoms with E-state index in [1.807, 2.05) is 6.92 Å². The Bertz CT molecular complexity index is 269. The average molecular weight is 178 g/mol. The molecule has 0 aliphatic rings. The van der Waals surface area contributed by atoms with Gasteiger partial charge in [-0.15, -0.1) is 6.58 Å². The fraction of sp³-hybridized carbons (Fsp3) is 0.400. The van der Waals surface area contributed by atoms with Gasteiger partial charge < -0.3 is 5.11 Å². The van der Waals surface area contributed by atoms with Gasteiger partial charge in [-0.3, -0.25) is 0 Å². The number of nitrogens with zero attached hydrogens (tertiary/aromatic N) is 2. The van der Waals surface area contributed by atoms with E-state index in [1.54, 1.807) is 18.5 Å². The van der Waals surface area contributed by atoms with Crippen LogP contribution < -0.4 is 0 Å². The summed E-state index contributed by atoms with van der Waals surface area (Å²) in [4.78, 5) is 8.07. The summed E-state index contributed by atoms with van der Waals surface area (Å²) in [7, 11) is 0. The van der Waals surface area contributed by atoms with Crippen molar-refractivity contribution in [1.29, 1.82) is 0 Å². The Morgan fingerprint density at radius 2 is 2.15 bits per heavy atom. The number of aliphatic hydroxyl groups is 1. The van der Waals surface area contributed by atoms with Crippen LogP contribution in [0.4, 0.5) is 0 Å². The van der Waals surface area contributed by atoms with E-state index in [4.69, 9.17) is 0 Å². The van der Waals surface area contributed by atoms with Crippen LogP contribution in [0.3, 0.4) is 0 Å². The van der Waals surface area contributed by atoms with E-state index in [9.17, 15) is 5.11 Å². The lowest BCUT2D eigenvalue weighted by atomic mass is 10.2. The van der Waals surface area contributed by atoms with Gasteiger partial charge in [0.1, 0.15) is 6.10 Å². The van der Waals surface area contributed by atoms with Crippen molar-refractivity contribution in [3.63, 3.8) is 0 Å². The quantitative estimate of drug-likeness (QED) is 0.715. The lowest BCUT2D eigenvalue weighted by Gasteiger charge is -2.06. The van der Waals surface area contributed by atoms with Gasteiger partial charge in [0.25, 0.3) is 0 Å². The monoisotopic (exact) mass is 178 g/mol. The summed E-state index contributed by atoms with van der Waals surface area (Å²) in [5, 5.41) is 9.57. The molecule has 1 atom stereocenters. The summed E-state index contributed by atoms with van der Waals surface area (Å²) in [5.74, 6) is 0.493. The van der Waals surface area contributed by atoms with Crippen LogP contribution in [0.5, 0.6) is 0 Å². The summed E-state index contributed by atoms with van der Waals surface area (Å²) in [6, 6.07) is 0. The van der Waals surface area contributed by atoms with Crippen molar-refractivity contribution >= 4 is 0 Å². The zero-order valence-electron chi connectivity index (χ0n) is 7.77. The predicted molar refractivity (Wildman–Crippen MR) is 51.2 cm³/mol. The first-order chi connectivity index (χ1) is 6.24. The molecule has 13 heavy (non-hydrogen) atoms. The Kier molecular flexibility index (Phi) is 3.58.